The molecule has 0 spiro atoms. The van der Waals surface area contributed by atoms with Crippen molar-refractivity contribution in [2.24, 2.45) is 0 Å². The second-order valence-corrected chi connectivity index (χ2v) is 2.88. The zero-order valence-electron chi connectivity index (χ0n) is 7.09. The third-order valence-corrected chi connectivity index (χ3v) is 2.01. The number of hydrogen-bond acceptors (Lipinski definition) is 3. The molecule has 5 heteroatoms. The van der Waals surface area contributed by atoms with Crippen LogP contribution in [0.25, 0.3) is 5.69 Å². The molecular formula is C9H6FN3S. The first-order chi connectivity index (χ1) is 6.81. The van der Waals surface area contributed by atoms with Gasteiger partial charge in [-0.3, -0.25) is 0 Å². The topological polar surface area (TPSA) is 30.7 Å². The molecule has 0 bridgehead atoms. The number of aromatic nitrogens is 3. The summed E-state index contributed by atoms with van der Waals surface area (Å²) in [6.45, 7) is 0. The quantitative estimate of drug-likeness (QED) is 0.703. The molecule has 0 aliphatic rings. The van der Waals surface area contributed by atoms with Crippen LogP contribution in [0.1, 0.15) is 5.56 Å². The second kappa shape index (κ2) is 3.63. The smallest absolute Gasteiger partial charge is 0.125 e. The van der Waals surface area contributed by atoms with Crippen LogP contribution in [-0.4, -0.2) is 20.4 Å². The largest absolute Gasteiger partial charge is 0.207 e. The number of nitrogens with zero attached hydrogens (tertiary/aromatic N) is 3. The number of hydrogen-bond donors (Lipinski definition) is 0. The Hall–Kier alpha value is -1.62. The summed E-state index contributed by atoms with van der Waals surface area (Å²) >= 11 is 4.81. The van der Waals surface area contributed by atoms with E-state index in [1.165, 1.54) is 34.7 Å². The molecule has 2 rings (SSSR count). The summed E-state index contributed by atoms with van der Waals surface area (Å²) in [7, 11) is 0. The first kappa shape index (κ1) is 8.96. The van der Waals surface area contributed by atoms with Crippen molar-refractivity contribution in [3.63, 3.8) is 0 Å². The molecule has 0 unspecified atom stereocenters. The Labute approximate surface area is 85.2 Å². The minimum absolute atomic E-state index is 0.335. The highest BCUT2D eigenvalue weighted by atomic mass is 32.1. The van der Waals surface area contributed by atoms with Crippen LogP contribution in [0, 0.1) is 5.82 Å². The van der Waals surface area contributed by atoms with E-state index in [4.69, 9.17) is 12.2 Å². The number of halogens is 1. The fourth-order valence-corrected chi connectivity index (χ4v) is 1.33. The van der Waals surface area contributed by atoms with Crippen LogP contribution in [0.4, 0.5) is 4.39 Å². The van der Waals surface area contributed by atoms with Gasteiger partial charge in [0.05, 0.1) is 18.1 Å². The summed E-state index contributed by atoms with van der Waals surface area (Å²) in [5.74, 6) is -0.335. The highest BCUT2D eigenvalue weighted by Crippen LogP contribution is 2.12. The Morgan fingerprint density at radius 3 is 2.64 bits per heavy atom. The first-order valence-electron chi connectivity index (χ1n) is 3.92. The standard InChI is InChI=1S/C9H6FN3S/c10-8-2-1-7(6-14)9(5-8)13-11-3-4-12-13/h1-6H. The fourth-order valence-electron chi connectivity index (χ4n) is 1.13. The van der Waals surface area contributed by atoms with Crippen molar-refractivity contribution in [3.05, 3.63) is 42.0 Å². The summed E-state index contributed by atoms with van der Waals surface area (Å²) in [5, 5.41) is 9.29. The van der Waals surface area contributed by atoms with Gasteiger partial charge in [-0.15, -0.1) is 0 Å². The van der Waals surface area contributed by atoms with E-state index in [0.29, 0.717) is 5.69 Å². The van der Waals surface area contributed by atoms with E-state index in [1.807, 2.05) is 0 Å². The van der Waals surface area contributed by atoms with Crippen LogP contribution in [0.2, 0.25) is 0 Å². The molecule has 70 valence electrons. The van der Waals surface area contributed by atoms with Gasteiger partial charge < -0.3 is 0 Å². The lowest BCUT2D eigenvalue weighted by molar-refractivity contribution is 0.622. The van der Waals surface area contributed by atoms with E-state index in [2.05, 4.69) is 10.2 Å². The average Bonchev–Trinajstić information content (AvgIpc) is 2.70. The summed E-state index contributed by atoms with van der Waals surface area (Å²) in [4.78, 5) is 1.33. The molecule has 0 fully saturated rings. The van der Waals surface area contributed by atoms with Crippen molar-refractivity contribution in [1.29, 1.82) is 0 Å². The molecule has 0 N–H and O–H groups in total. The molecule has 1 aromatic heterocycles. The zero-order valence-corrected chi connectivity index (χ0v) is 7.91. The number of benzene rings is 1. The van der Waals surface area contributed by atoms with E-state index < -0.39 is 0 Å². The molecule has 0 saturated heterocycles. The van der Waals surface area contributed by atoms with Gasteiger partial charge in [0.2, 0.25) is 0 Å². The Bertz CT molecular complexity index is 453. The maximum Gasteiger partial charge on any atom is 0.125 e. The minimum atomic E-state index is -0.335. The summed E-state index contributed by atoms with van der Waals surface area (Å²) in [5.41, 5.74) is 1.27. The van der Waals surface area contributed by atoms with Crippen molar-refractivity contribution < 1.29 is 4.39 Å². The lowest BCUT2D eigenvalue weighted by Gasteiger charge is -2.03. The van der Waals surface area contributed by atoms with Crippen molar-refractivity contribution in [3.8, 4) is 5.69 Å². The van der Waals surface area contributed by atoms with E-state index in [0.717, 1.165) is 5.56 Å². The third kappa shape index (κ3) is 1.54. The van der Waals surface area contributed by atoms with Gasteiger partial charge in [-0.1, -0.05) is 12.2 Å². The van der Waals surface area contributed by atoms with Crippen molar-refractivity contribution in [1.82, 2.24) is 15.0 Å². The molecule has 0 radical (unpaired) electrons. The molecule has 0 saturated carbocycles. The van der Waals surface area contributed by atoms with Gasteiger partial charge in [-0.25, -0.2) is 4.39 Å². The lowest BCUT2D eigenvalue weighted by Crippen LogP contribution is -2.02. The van der Waals surface area contributed by atoms with Gasteiger partial charge in [0.1, 0.15) is 5.82 Å². The van der Waals surface area contributed by atoms with E-state index >= 15 is 0 Å². The second-order valence-electron chi connectivity index (χ2n) is 2.64. The van der Waals surface area contributed by atoms with Gasteiger partial charge in [-0.2, -0.15) is 15.0 Å². The van der Waals surface area contributed by atoms with Gasteiger partial charge in [0.25, 0.3) is 0 Å². The van der Waals surface area contributed by atoms with Crippen LogP contribution in [0.3, 0.4) is 0 Å². The number of rotatable bonds is 2. The molecule has 0 amide bonds. The Morgan fingerprint density at radius 2 is 2.00 bits per heavy atom. The first-order valence-corrected chi connectivity index (χ1v) is 4.40. The molecule has 1 heterocycles. The maximum atomic E-state index is 13.0. The summed E-state index contributed by atoms with van der Waals surface area (Å²) < 4.78 is 13.0. The normalized spacial score (nSPS) is 10.1. The van der Waals surface area contributed by atoms with Crippen LogP contribution in [-0.2, 0) is 0 Å². The Balaban J connectivity index is 2.61. The molecule has 0 atom stereocenters. The van der Waals surface area contributed by atoms with Gasteiger partial charge >= 0.3 is 0 Å². The third-order valence-electron chi connectivity index (χ3n) is 1.75. The molecule has 1 aromatic carbocycles. The summed E-state index contributed by atoms with van der Waals surface area (Å²) in [6.07, 6.45) is 3.05. The molecular weight excluding hydrogens is 201 g/mol. The van der Waals surface area contributed by atoms with Gasteiger partial charge in [-0.05, 0) is 12.1 Å². The monoisotopic (exact) mass is 207 g/mol. The predicted octanol–water partition coefficient (Wildman–Crippen LogP) is 1.75. The van der Waals surface area contributed by atoms with Gasteiger partial charge in [0.15, 0.2) is 0 Å². The minimum Gasteiger partial charge on any atom is -0.207 e. The van der Waals surface area contributed by atoms with Gasteiger partial charge in [0, 0.05) is 17.0 Å². The Morgan fingerprint density at radius 1 is 1.29 bits per heavy atom. The molecule has 0 aliphatic heterocycles. The van der Waals surface area contributed by atoms with Crippen LogP contribution in [0.15, 0.2) is 30.6 Å². The summed E-state index contributed by atoms with van der Waals surface area (Å²) in [6, 6.07) is 4.30. The fraction of sp³-hybridized carbons (Fsp3) is 0. The molecule has 14 heavy (non-hydrogen) atoms. The van der Waals surface area contributed by atoms with E-state index in [-0.39, 0.29) is 5.82 Å². The maximum absolute atomic E-state index is 13.0. The lowest BCUT2D eigenvalue weighted by atomic mass is 10.2. The predicted molar refractivity (Wildman–Crippen MR) is 54.1 cm³/mol. The zero-order chi connectivity index (χ0) is 9.97. The van der Waals surface area contributed by atoms with Crippen molar-refractivity contribution >= 4 is 17.6 Å². The van der Waals surface area contributed by atoms with E-state index in [1.54, 1.807) is 6.07 Å². The number of thiocarbonyl (C=S) groups is 1. The van der Waals surface area contributed by atoms with E-state index in [9.17, 15) is 4.39 Å². The molecule has 3 nitrogen and oxygen atoms in total. The van der Waals surface area contributed by atoms with Crippen LogP contribution < -0.4 is 0 Å². The van der Waals surface area contributed by atoms with Crippen molar-refractivity contribution in [2.45, 2.75) is 0 Å². The van der Waals surface area contributed by atoms with Crippen LogP contribution >= 0.6 is 12.2 Å². The van der Waals surface area contributed by atoms with Crippen molar-refractivity contribution in [2.75, 3.05) is 0 Å². The Kier molecular flexibility index (Phi) is 2.32. The highest BCUT2D eigenvalue weighted by molar-refractivity contribution is 7.79. The molecule has 0 aliphatic carbocycles. The highest BCUT2D eigenvalue weighted by Gasteiger charge is 2.04. The van der Waals surface area contributed by atoms with Crippen LogP contribution in [0.5, 0.6) is 0 Å². The SMILES string of the molecule is Fc1ccc(C=S)c(-n2nccn2)c1. The average molecular weight is 207 g/mol. The molecule has 2 aromatic rings.